The standard InChI is InChI=1S/C19H23N3O3/c1-13(2)20-19(25)21-16-8-6-15(7-9-16)18(24)22(3)12-14-4-10-17(23)11-5-14/h4-11,13,23H,12H2,1-3H3,(H2,20,21,25). The molecule has 0 saturated heterocycles. The van der Waals surface area contributed by atoms with E-state index in [1.54, 1.807) is 60.5 Å². The zero-order valence-electron chi connectivity index (χ0n) is 14.6. The van der Waals surface area contributed by atoms with Gasteiger partial charge in [-0.1, -0.05) is 12.1 Å². The van der Waals surface area contributed by atoms with Crippen LogP contribution in [0.1, 0.15) is 29.8 Å². The van der Waals surface area contributed by atoms with Gasteiger partial charge in [0.05, 0.1) is 0 Å². The van der Waals surface area contributed by atoms with Crippen molar-refractivity contribution in [3.63, 3.8) is 0 Å². The van der Waals surface area contributed by atoms with E-state index in [1.165, 1.54) is 0 Å². The largest absolute Gasteiger partial charge is 0.508 e. The summed E-state index contributed by atoms with van der Waals surface area (Å²) in [5.41, 5.74) is 2.09. The zero-order chi connectivity index (χ0) is 18.4. The molecule has 0 aromatic heterocycles. The number of phenolic OH excluding ortho intramolecular Hbond substituents is 1. The summed E-state index contributed by atoms with van der Waals surface area (Å²) in [5.74, 6) is 0.0774. The van der Waals surface area contributed by atoms with Crippen molar-refractivity contribution in [2.24, 2.45) is 0 Å². The van der Waals surface area contributed by atoms with Crippen molar-refractivity contribution in [2.45, 2.75) is 26.4 Å². The van der Waals surface area contributed by atoms with Crippen LogP contribution in [0.15, 0.2) is 48.5 Å². The van der Waals surface area contributed by atoms with Gasteiger partial charge in [0, 0.05) is 30.9 Å². The van der Waals surface area contributed by atoms with Gasteiger partial charge in [-0.15, -0.1) is 0 Å². The van der Waals surface area contributed by atoms with Crippen molar-refractivity contribution >= 4 is 17.6 Å². The van der Waals surface area contributed by atoms with Gasteiger partial charge in [-0.2, -0.15) is 0 Å². The van der Waals surface area contributed by atoms with Crippen molar-refractivity contribution in [2.75, 3.05) is 12.4 Å². The molecule has 0 radical (unpaired) electrons. The van der Waals surface area contributed by atoms with E-state index < -0.39 is 0 Å². The number of benzene rings is 2. The molecule has 3 amide bonds. The third kappa shape index (κ3) is 5.53. The molecule has 0 atom stereocenters. The molecule has 0 saturated carbocycles. The molecule has 0 aliphatic heterocycles. The van der Waals surface area contributed by atoms with Gasteiger partial charge in [0.2, 0.25) is 0 Å². The molecule has 0 bridgehead atoms. The molecule has 25 heavy (non-hydrogen) atoms. The van der Waals surface area contributed by atoms with Gasteiger partial charge < -0.3 is 20.6 Å². The van der Waals surface area contributed by atoms with Gasteiger partial charge in [0.1, 0.15) is 5.75 Å². The monoisotopic (exact) mass is 341 g/mol. The maximum absolute atomic E-state index is 12.5. The van der Waals surface area contributed by atoms with Gasteiger partial charge in [0.25, 0.3) is 5.91 Å². The Morgan fingerprint density at radius 3 is 2.20 bits per heavy atom. The first-order chi connectivity index (χ1) is 11.8. The molecular formula is C19H23N3O3. The van der Waals surface area contributed by atoms with Crippen LogP contribution in [-0.4, -0.2) is 35.0 Å². The van der Waals surface area contributed by atoms with E-state index in [-0.39, 0.29) is 23.7 Å². The zero-order valence-corrected chi connectivity index (χ0v) is 14.6. The van der Waals surface area contributed by atoms with Crippen molar-refractivity contribution in [3.05, 3.63) is 59.7 Å². The molecule has 6 nitrogen and oxygen atoms in total. The van der Waals surface area contributed by atoms with E-state index in [2.05, 4.69) is 10.6 Å². The number of hydrogen-bond donors (Lipinski definition) is 3. The lowest BCUT2D eigenvalue weighted by atomic mass is 10.1. The maximum atomic E-state index is 12.5. The third-order valence-electron chi connectivity index (χ3n) is 3.51. The van der Waals surface area contributed by atoms with E-state index in [0.29, 0.717) is 17.8 Å². The number of aromatic hydroxyl groups is 1. The highest BCUT2D eigenvalue weighted by atomic mass is 16.3. The minimum absolute atomic E-state index is 0.0504. The smallest absolute Gasteiger partial charge is 0.319 e. The Morgan fingerprint density at radius 2 is 1.64 bits per heavy atom. The van der Waals surface area contributed by atoms with Crippen LogP contribution in [0.5, 0.6) is 5.75 Å². The summed E-state index contributed by atoms with van der Waals surface area (Å²) in [4.78, 5) is 25.7. The van der Waals surface area contributed by atoms with Gasteiger partial charge in [-0.05, 0) is 55.8 Å². The van der Waals surface area contributed by atoms with Crippen LogP contribution in [0.2, 0.25) is 0 Å². The lowest BCUT2D eigenvalue weighted by Gasteiger charge is -2.18. The molecule has 0 fully saturated rings. The number of phenols is 1. The number of hydrogen-bond acceptors (Lipinski definition) is 3. The highest BCUT2D eigenvalue weighted by Gasteiger charge is 2.12. The maximum Gasteiger partial charge on any atom is 0.319 e. The average molecular weight is 341 g/mol. The number of carbonyl (C=O) groups excluding carboxylic acids is 2. The Bertz CT molecular complexity index is 725. The lowest BCUT2D eigenvalue weighted by molar-refractivity contribution is 0.0785. The topological polar surface area (TPSA) is 81.7 Å². The van der Waals surface area contributed by atoms with Gasteiger partial charge in [0.15, 0.2) is 0 Å². The first-order valence-electron chi connectivity index (χ1n) is 8.06. The van der Waals surface area contributed by atoms with Crippen molar-refractivity contribution in [3.8, 4) is 5.75 Å². The molecule has 0 aliphatic carbocycles. The number of urea groups is 1. The van der Waals surface area contributed by atoms with E-state index in [1.807, 2.05) is 13.8 Å². The summed E-state index contributed by atoms with van der Waals surface area (Å²) in [6.07, 6.45) is 0. The number of amides is 3. The van der Waals surface area contributed by atoms with E-state index >= 15 is 0 Å². The average Bonchev–Trinajstić information content (AvgIpc) is 2.56. The van der Waals surface area contributed by atoms with Crippen molar-refractivity contribution < 1.29 is 14.7 Å². The molecule has 3 N–H and O–H groups in total. The van der Waals surface area contributed by atoms with Gasteiger partial charge in [-0.25, -0.2) is 4.79 Å². The van der Waals surface area contributed by atoms with E-state index in [4.69, 9.17) is 0 Å². The molecule has 0 unspecified atom stereocenters. The van der Waals surface area contributed by atoms with Crippen LogP contribution < -0.4 is 10.6 Å². The molecule has 2 aromatic carbocycles. The molecule has 0 aliphatic rings. The molecular weight excluding hydrogens is 318 g/mol. The summed E-state index contributed by atoms with van der Waals surface area (Å²) in [6.45, 7) is 4.20. The van der Waals surface area contributed by atoms with Crippen LogP contribution in [-0.2, 0) is 6.54 Å². The van der Waals surface area contributed by atoms with Crippen molar-refractivity contribution in [1.82, 2.24) is 10.2 Å². The first kappa shape index (κ1) is 18.3. The Kier molecular flexibility index (Phi) is 6.00. The Balaban J connectivity index is 1.97. The van der Waals surface area contributed by atoms with Crippen LogP contribution >= 0.6 is 0 Å². The quantitative estimate of drug-likeness (QED) is 0.781. The molecule has 0 spiro atoms. The number of rotatable bonds is 5. The fraction of sp³-hybridized carbons (Fsp3) is 0.263. The Morgan fingerprint density at radius 1 is 1.04 bits per heavy atom. The second kappa shape index (κ2) is 8.19. The SMILES string of the molecule is CC(C)NC(=O)Nc1ccc(C(=O)N(C)Cc2ccc(O)cc2)cc1. The molecule has 6 heteroatoms. The first-order valence-corrected chi connectivity index (χ1v) is 8.06. The van der Waals surface area contributed by atoms with E-state index in [9.17, 15) is 14.7 Å². The number of carbonyl (C=O) groups is 2. The molecule has 132 valence electrons. The molecule has 0 heterocycles. The van der Waals surface area contributed by atoms with Crippen LogP contribution in [0.4, 0.5) is 10.5 Å². The highest BCUT2D eigenvalue weighted by molar-refractivity contribution is 5.95. The number of nitrogens with zero attached hydrogens (tertiary/aromatic N) is 1. The third-order valence-corrected chi connectivity index (χ3v) is 3.51. The second-order valence-electron chi connectivity index (χ2n) is 6.16. The number of anilines is 1. The minimum Gasteiger partial charge on any atom is -0.508 e. The predicted molar refractivity (Wildman–Crippen MR) is 97.6 cm³/mol. The van der Waals surface area contributed by atoms with Gasteiger partial charge >= 0.3 is 6.03 Å². The fourth-order valence-electron chi connectivity index (χ4n) is 2.29. The van der Waals surface area contributed by atoms with Gasteiger partial charge in [-0.3, -0.25) is 4.79 Å². The fourth-order valence-corrected chi connectivity index (χ4v) is 2.29. The predicted octanol–water partition coefficient (Wildman–Crippen LogP) is 3.19. The summed E-state index contributed by atoms with van der Waals surface area (Å²) in [5, 5.41) is 14.7. The highest BCUT2D eigenvalue weighted by Crippen LogP contribution is 2.14. The van der Waals surface area contributed by atoms with Crippen LogP contribution in [0.25, 0.3) is 0 Å². The second-order valence-corrected chi connectivity index (χ2v) is 6.16. The Hall–Kier alpha value is -3.02. The van der Waals surface area contributed by atoms with Crippen molar-refractivity contribution in [1.29, 1.82) is 0 Å². The molecule has 2 rings (SSSR count). The summed E-state index contributed by atoms with van der Waals surface area (Å²) in [6, 6.07) is 13.3. The van der Waals surface area contributed by atoms with Crippen LogP contribution in [0, 0.1) is 0 Å². The van der Waals surface area contributed by atoms with Crippen LogP contribution in [0.3, 0.4) is 0 Å². The lowest BCUT2D eigenvalue weighted by Crippen LogP contribution is -2.34. The summed E-state index contributed by atoms with van der Waals surface area (Å²) < 4.78 is 0. The van der Waals surface area contributed by atoms with E-state index in [0.717, 1.165) is 5.56 Å². The summed E-state index contributed by atoms with van der Waals surface area (Å²) >= 11 is 0. The Labute approximate surface area is 147 Å². The number of nitrogens with one attached hydrogen (secondary N) is 2. The normalized spacial score (nSPS) is 10.4. The summed E-state index contributed by atoms with van der Waals surface area (Å²) in [7, 11) is 1.72. The minimum atomic E-state index is -0.279. The molecule has 2 aromatic rings.